The van der Waals surface area contributed by atoms with Crippen molar-refractivity contribution in [3.8, 4) is 17.0 Å². The van der Waals surface area contributed by atoms with E-state index in [-0.39, 0.29) is 17.1 Å². The lowest BCUT2D eigenvalue weighted by Crippen LogP contribution is -2.38. The maximum atomic E-state index is 12.8. The Balaban J connectivity index is 2.19. The maximum absolute atomic E-state index is 12.8. The highest BCUT2D eigenvalue weighted by atomic mass is 16.6. The third-order valence-electron chi connectivity index (χ3n) is 4.53. The third-order valence-corrected chi connectivity index (χ3v) is 4.53. The summed E-state index contributed by atoms with van der Waals surface area (Å²) >= 11 is 0. The molecule has 0 bridgehead atoms. The van der Waals surface area contributed by atoms with Crippen LogP contribution >= 0.6 is 0 Å². The number of hydrogen-bond acceptors (Lipinski definition) is 5. The van der Waals surface area contributed by atoms with E-state index in [0.717, 1.165) is 4.57 Å². The van der Waals surface area contributed by atoms with Gasteiger partial charge in [-0.05, 0) is 18.6 Å². The van der Waals surface area contributed by atoms with Gasteiger partial charge in [-0.3, -0.25) is 24.0 Å². The van der Waals surface area contributed by atoms with Gasteiger partial charge in [-0.15, -0.1) is 0 Å². The molecule has 1 aromatic heterocycles. The van der Waals surface area contributed by atoms with Crippen molar-refractivity contribution < 1.29 is 9.66 Å². The van der Waals surface area contributed by atoms with Gasteiger partial charge < -0.3 is 4.74 Å². The Hall–Kier alpha value is -3.68. The zero-order valence-electron chi connectivity index (χ0n) is 15.7. The zero-order chi connectivity index (χ0) is 20.4. The first-order valence-corrected chi connectivity index (χ1v) is 8.58. The van der Waals surface area contributed by atoms with Gasteiger partial charge in [0.05, 0.1) is 10.5 Å². The molecule has 0 N–H and O–H groups in total. The number of nitrogens with zero attached hydrogens (tertiary/aromatic N) is 3. The summed E-state index contributed by atoms with van der Waals surface area (Å²) in [5, 5.41) is 11.3. The van der Waals surface area contributed by atoms with Gasteiger partial charge in [0.25, 0.3) is 11.2 Å². The zero-order valence-corrected chi connectivity index (χ0v) is 15.7. The van der Waals surface area contributed by atoms with E-state index in [0.29, 0.717) is 11.1 Å². The summed E-state index contributed by atoms with van der Waals surface area (Å²) < 4.78 is 8.21. The summed E-state index contributed by atoms with van der Waals surface area (Å²) in [6.07, 6.45) is -0.762. The van der Waals surface area contributed by atoms with E-state index < -0.39 is 22.3 Å². The molecule has 8 heteroatoms. The molecule has 3 aromatic rings. The fourth-order valence-corrected chi connectivity index (χ4v) is 3.04. The van der Waals surface area contributed by atoms with Gasteiger partial charge in [0.2, 0.25) is 5.88 Å². The molecule has 0 saturated heterocycles. The molecule has 0 aliphatic rings. The monoisotopic (exact) mass is 381 g/mol. The number of nitro benzene ring substituents is 1. The lowest BCUT2D eigenvalue weighted by molar-refractivity contribution is -0.386. The van der Waals surface area contributed by atoms with E-state index in [1.165, 1.54) is 24.7 Å². The Bertz CT molecular complexity index is 1150. The second-order valence-corrected chi connectivity index (χ2v) is 6.33. The van der Waals surface area contributed by atoms with E-state index in [4.69, 9.17) is 4.74 Å². The van der Waals surface area contributed by atoms with Crippen LogP contribution in [0.25, 0.3) is 11.1 Å². The van der Waals surface area contributed by atoms with Crippen molar-refractivity contribution in [2.24, 2.45) is 14.1 Å². The molecule has 3 rings (SSSR count). The van der Waals surface area contributed by atoms with Crippen LogP contribution in [0.15, 0.2) is 64.2 Å². The molecule has 2 aromatic carbocycles. The number of benzene rings is 2. The van der Waals surface area contributed by atoms with Crippen LogP contribution in [0.2, 0.25) is 0 Å². The van der Waals surface area contributed by atoms with Gasteiger partial charge in [-0.1, -0.05) is 42.5 Å². The molecule has 8 nitrogen and oxygen atoms in total. The van der Waals surface area contributed by atoms with Crippen molar-refractivity contribution in [1.82, 2.24) is 9.13 Å². The largest absolute Gasteiger partial charge is 0.470 e. The summed E-state index contributed by atoms with van der Waals surface area (Å²) in [4.78, 5) is 36.1. The maximum Gasteiger partial charge on any atom is 0.333 e. The predicted molar refractivity (Wildman–Crippen MR) is 104 cm³/mol. The molecular weight excluding hydrogens is 362 g/mol. The molecule has 0 aliphatic heterocycles. The predicted octanol–water partition coefficient (Wildman–Crippen LogP) is 2.80. The quantitative estimate of drug-likeness (QED) is 0.500. The number of aromatic nitrogens is 2. The van der Waals surface area contributed by atoms with Gasteiger partial charge in [0.1, 0.15) is 11.7 Å². The summed E-state index contributed by atoms with van der Waals surface area (Å²) in [5.41, 5.74) is 0.0114. The Labute approximate surface area is 160 Å². The Kier molecular flexibility index (Phi) is 5.12. The van der Waals surface area contributed by atoms with Gasteiger partial charge in [0.15, 0.2) is 0 Å². The van der Waals surface area contributed by atoms with E-state index in [2.05, 4.69) is 0 Å². The van der Waals surface area contributed by atoms with Crippen LogP contribution in [-0.2, 0) is 14.1 Å². The second kappa shape index (κ2) is 7.51. The van der Waals surface area contributed by atoms with Crippen molar-refractivity contribution >= 4 is 5.69 Å². The van der Waals surface area contributed by atoms with Crippen LogP contribution in [0.5, 0.6) is 5.88 Å². The Morgan fingerprint density at radius 2 is 1.57 bits per heavy atom. The summed E-state index contributed by atoms with van der Waals surface area (Å²) in [5.74, 6) is 0.0601. The molecule has 144 valence electrons. The highest BCUT2D eigenvalue weighted by Crippen LogP contribution is 2.32. The Morgan fingerprint density at radius 3 is 2.21 bits per heavy atom. The SMILES string of the molecule is CC(Oc1c(-c2ccccc2)c(=O)n(C)c(=O)n1C)c1ccccc1[N+](=O)[O-]. The average Bonchev–Trinajstić information content (AvgIpc) is 2.71. The first-order chi connectivity index (χ1) is 13.3. The van der Waals surface area contributed by atoms with Crippen LogP contribution in [0, 0.1) is 10.1 Å². The number of rotatable bonds is 5. The first kappa shape index (κ1) is 19.1. The van der Waals surface area contributed by atoms with Gasteiger partial charge in [0, 0.05) is 20.2 Å². The number of nitro groups is 1. The van der Waals surface area contributed by atoms with Gasteiger partial charge in [-0.2, -0.15) is 0 Å². The topological polar surface area (TPSA) is 96.4 Å². The lowest BCUT2D eigenvalue weighted by Gasteiger charge is -2.20. The lowest BCUT2D eigenvalue weighted by atomic mass is 10.1. The standard InChI is InChI=1S/C20H19N3O5/c1-13(15-11-7-8-12-16(15)23(26)27)28-19-17(14-9-5-4-6-10-14)18(24)21(2)20(25)22(19)3/h4-13H,1-3H3. The van der Waals surface area contributed by atoms with Crippen molar-refractivity contribution in [2.75, 3.05) is 0 Å². The molecule has 0 fully saturated rings. The molecule has 0 amide bonds. The molecule has 0 spiro atoms. The number of ether oxygens (including phenoxy) is 1. The highest BCUT2D eigenvalue weighted by molar-refractivity contribution is 5.67. The average molecular weight is 381 g/mol. The number of para-hydroxylation sites is 1. The Morgan fingerprint density at radius 1 is 0.964 bits per heavy atom. The molecule has 0 radical (unpaired) electrons. The molecule has 0 aliphatic carbocycles. The highest BCUT2D eigenvalue weighted by Gasteiger charge is 2.24. The third kappa shape index (κ3) is 3.32. The van der Waals surface area contributed by atoms with Crippen molar-refractivity contribution in [2.45, 2.75) is 13.0 Å². The number of hydrogen-bond donors (Lipinski definition) is 0. The van der Waals surface area contributed by atoms with Crippen molar-refractivity contribution in [1.29, 1.82) is 0 Å². The molecule has 1 unspecified atom stereocenters. The first-order valence-electron chi connectivity index (χ1n) is 8.58. The molecule has 28 heavy (non-hydrogen) atoms. The van der Waals surface area contributed by atoms with E-state index in [1.54, 1.807) is 49.4 Å². The van der Waals surface area contributed by atoms with Crippen LogP contribution in [0.3, 0.4) is 0 Å². The van der Waals surface area contributed by atoms with Crippen molar-refractivity contribution in [3.63, 3.8) is 0 Å². The summed E-state index contributed by atoms with van der Waals surface area (Å²) in [6.45, 7) is 1.64. The van der Waals surface area contributed by atoms with E-state index in [1.807, 2.05) is 6.07 Å². The second-order valence-electron chi connectivity index (χ2n) is 6.33. The minimum Gasteiger partial charge on any atom is -0.470 e. The normalized spacial score (nSPS) is 11.8. The van der Waals surface area contributed by atoms with Gasteiger partial charge in [-0.25, -0.2) is 4.79 Å². The van der Waals surface area contributed by atoms with E-state index >= 15 is 0 Å². The minimum absolute atomic E-state index is 0.0601. The minimum atomic E-state index is -0.762. The van der Waals surface area contributed by atoms with Crippen molar-refractivity contribution in [3.05, 3.63) is 91.1 Å². The molecule has 0 saturated carbocycles. The fourth-order valence-electron chi connectivity index (χ4n) is 3.04. The van der Waals surface area contributed by atoms with Gasteiger partial charge >= 0.3 is 5.69 Å². The molecule has 1 heterocycles. The van der Waals surface area contributed by atoms with Crippen LogP contribution in [-0.4, -0.2) is 14.1 Å². The van der Waals surface area contributed by atoms with Crippen LogP contribution in [0.1, 0.15) is 18.6 Å². The summed E-state index contributed by atoms with van der Waals surface area (Å²) in [7, 11) is 2.89. The summed E-state index contributed by atoms with van der Waals surface area (Å²) in [6, 6.07) is 15.0. The molecule has 1 atom stereocenters. The van der Waals surface area contributed by atoms with Crippen LogP contribution < -0.4 is 16.0 Å². The van der Waals surface area contributed by atoms with E-state index in [9.17, 15) is 19.7 Å². The molecular formula is C20H19N3O5. The smallest absolute Gasteiger partial charge is 0.333 e. The van der Waals surface area contributed by atoms with Crippen LogP contribution in [0.4, 0.5) is 5.69 Å². The fraction of sp³-hybridized carbons (Fsp3) is 0.200.